The molecule has 4 N–H and O–H groups in total. The summed E-state index contributed by atoms with van der Waals surface area (Å²) in [4.78, 5) is 14.2. The molecule has 3 aliphatic carbocycles. The third-order valence-corrected chi connectivity index (χ3v) is 5.15. The molecule has 4 nitrogen and oxygen atoms in total. The lowest BCUT2D eigenvalue weighted by atomic mass is 9.78. The van der Waals surface area contributed by atoms with Crippen molar-refractivity contribution in [2.45, 2.75) is 62.9 Å². The van der Waals surface area contributed by atoms with Crippen LogP contribution in [0.3, 0.4) is 0 Å². The van der Waals surface area contributed by atoms with Crippen molar-refractivity contribution in [2.75, 3.05) is 13.1 Å². The minimum absolute atomic E-state index is 0.310. The zero-order valence-corrected chi connectivity index (χ0v) is 11.8. The molecule has 3 aliphatic rings. The van der Waals surface area contributed by atoms with Crippen molar-refractivity contribution in [3.63, 3.8) is 0 Å². The number of carbonyl (C=O) groups is 1. The van der Waals surface area contributed by atoms with Crippen LogP contribution in [0.5, 0.6) is 0 Å². The molecule has 0 saturated heterocycles. The summed E-state index contributed by atoms with van der Waals surface area (Å²) in [6.07, 6.45) is 9.30. The van der Waals surface area contributed by atoms with E-state index < -0.39 is 5.54 Å². The minimum Gasteiger partial charge on any atom is -0.368 e. The van der Waals surface area contributed by atoms with Gasteiger partial charge in [-0.3, -0.25) is 9.69 Å². The third kappa shape index (κ3) is 3.29. The van der Waals surface area contributed by atoms with Crippen molar-refractivity contribution in [2.24, 2.45) is 23.3 Å². The van der Waals surface area contributed by atoms with Crippen LogP contribution in [0.2, 0.25) is 0 Å². The van der Waals surface area contributed by atoms with E-state index in [1.54, 1.807) is 0 Å². The van der Waals surface area contributed by atoms with Gasteiger partial charge in [0.2, 0.25) is 5.91 Å². The lowest BCUT2D eigenvalue weighted by Crippen LogP contribution is -2.58. The summed E-state index contributed by atoms with van der Waals surface area (Å²) in [6.45, 7) is 2.44. The number of hydrogen-bond donors (Lipinski definition) is 2. The zero-order valence-electron chi connectivity index (χ0n) is 11.8. The van der Waals surface area contributed by atoms with E-state index >= 15 is 0 Å². The molecule has 2 unspecified atom stereocenters. The SMILES string of the molecule is NC(=O)C1(N)CCCC(N(CC2CC2)CC2CC2)C1. The average Bonchev–Trinajstić information content (AvgIpc) is 3.23. The molecule has 1 amide bonds. The first kappa shape index (κ1) is 13.4. The highest BCUT2D eigenvalue weighted by molar-refractivity contribution is 5.84. The van der Waals surface area contributed by atoms with Crippen LogP contribution in [0, 0.1) is 11.8 Å². The van der Waals surface area contributed by atoms with Gasteiger partial charge in [0.15, 0.2) is 0 Å². The molecule has 0 radical (unpaired) electrons. The second-order valence-corrected chi connectivity index (χ2v) is 7.11. The van der Waals surface area contributed by atoms with Gasteiger partial charge < -0.3 is 11.5 Å². The van der Waals surface area contributed by atoms with Crippen molar-refractivity contribution >= 4 is 5.91 Å². The molecular weight excluding hydrogens is 238 g/mol. The van der Waals surface area contributed by atoms with Crippen LogP contribution in [0.25, 0.3) is 0 Å². The van der Waals surface area contributed by atoms with Crippen LogP contribution in [0.4, 0.5) is 0 Å². The van der Waals surface area contributed by atoms with Gasteiger partial charge in [-0.05, 0) is 63.2 Å². The van der Waals surface area contributed by atoms with Gasteiger partial charge >= 0.3 is 0 Å². The Morgan fingerprint density at radius 1 is 1.11 bits per heavy atom. The van der Waals surface area contributed by atoms with Crippen LogP contribution in [-0.2, 0) is 4.79 Å². The summed E-state index contributed by atoms with van der Waals surface area (Å²) in [7, 11) is 0. The van der Waals surface area contributed by atoms with E-state index in [2.05, 4.69) is 4.90 Å². The highest BCUT2D eigenvalue weighted by atomic mass is 16.1. The van der Waals surface area contributed by atoms with Gasteiger partial charge in [0.1, 0.15) is 0 Å². The molecule has 0 bridgehead atoms. The molecule has 108 valence electrons. The molecule has 0 aromatic rings. The molecule has 0 heterocycles. The van der Waals surface area contributed by atoms with E-state index in [1.807, 2.05) is 0 Å². The lowest BCUT2D eigenvalue weighted by molar-refractivity contribution is -0.125. The summed E-state index contributed by atoms with van der Waals surface area (Å²) in [5, 5.41) is 0. The average molecular weight is 265 g/mol. The Morgan fingerprint density at radius 2 is 1.68 bits per heavy atom. The first-order valence-electron chi connectivity index (χ1n) is 7.90. The van der Waals surface area contributed by atoms with E-state index in [-0.39, 0.29) is 5.91 Å². The van der Waals surface area contributed by atoms with Crippen LogP contribution in [-0.4, -0.2) is 35.5 Å². The largest absolute Gasteiger partial charge is 0.368 e. The Bertz CT molecular complexity index is 337. The highest BCUT2D eigenvalue weighted by Crippen LogP contribution is 2.37. The van der Waals surface area contributed by atoms with Crippen LogP contribution in [0.15, 0.2) is 0 Å². The first-order valence-corrected chi connectivity index (χ1v) is 7.90. The minimum atomic E-state index is -0.756. The Morgan fingerprint density at radius 3 is 2.16 bits per heavy atom. The van der Waals surface area contributed by atoms with Gasteiger partial charge in [-0.25, -0.2) is 0 Å². The van der Waals surface area contributed by atoms with Crippen molar-refractivity contribution in [1.82, 2.24) is 4.90 Å². The van der Waals surface area contributed by atoms with E-state index in [0.717, 1.165) is 31.1 Å². The maximum atomic E-state index is 11.6. The fourth-order valence-corrected chi connectivity index (χ4v) is 3.45. The van der Waals surface area contributed by atoms with Gasteiger partial charge in [0.25, 0.3) is 0 Å². The fourth-order valence-electron chi connectivity index (χ4n) is 3.45. The van der Waals surface area contributed by atoms with Crippen molar-refractivity contribution < 1.29 is 4.79 Å². The highest BCUT2D eigenvalue weighted by Gasteiger charge is 2.41. The van der Waals surface area contributed by atoms with Gasteiger partial charge in [-0.2, -0.15) is 0 Å². The molecule has 0 aromatic carbocycles. The topological polar surface area (TPSA) is 72.3 Å². The van der Waals surface area contributed by atoms with Crippen LogP contribution < -0.4 is 11.5 Å². The molecule has 4 heteroatoms. The number of primary amides is 1. The van der Waals surface area contributed by atoms with E-state index in [9.17, 15) is 4.79 Å². The predicted octanol–water partition coefficient (Wildman–Crippen LogP) is 1.23. The Kier molecular flexibility index (Phi) is 3.56. The molecule has 3 rings (SSSR count). The fraction of sp³-hybridized carbons (Fsp3) is 0.933. The van der Waals surface area contributed by atoms with Crippen LogP contribution >= 0.6 is 0 Å². The number of nitrogens with zero attached hydrogens (tertiary/aromatic N) is 1. The van der Waals surface area contributed by atoms with Gasteiger partial charge in [-0.15, -0.1) is 0 Å². The third-order valence-electron chi connectivity index (χ3n) is 5.15. The molecular formula is C15H27N3O. The molecule has 0 spiro atoms. The van der Waals surface area contributed by atoms with E-state index in [0.29, 0.717) is 6.04 Å². The molecule has 3 fully saturated rings. The number of carbonyl (C=O) groups excluding carboxylic acids is 1. The summed E-state index contributed by atoms with van der Waals surface area (Å²) in [6, 6.07) is 0.479. The second-order valence-electron chi connectivity index (χ2n) is 7.11. The first-order chi connectivity index (χ1) is 9.07. The molecule has 2 atom stereocenters. The smallest absolute Gasteiger partial charge is 0.237 e. The summed E-state index contributed by atoms with van der Waals surface area (Å²) >= 11 is 0. The monoisotopic (exact) mass is 265 g/mol. The maximum Gasteiger partial charge on any atom is 0.237 e. The van der Waals surface area contributed by atoms with E-state index in [1.165, 1.54) is 45.2 Å². The predicted molar refractivity (Wildman–Crippen MR) is 75.4 cm³/mol. The Hall–Kier alpha value is -0.610. The van der Waals surface area contributed by atoms with Gasteiger partial charge in [0, 0.05) is 19.1 Å². The summed E-state index contributed by atoms with van der Waals surface area (Å²) in [5.41, 5.74) is 11.0. The summed E-state index contributed by atoms with van der Waals surface area (Å²) < 4.78 is 0. The number of hydrogen-bond acceptors (Lipinski definition) is 3. The molecule has 0 aliphatic heterocycles. The standard InChI is InChI=1S/C15H27N3O/c16-14(19)15(17)7-1-2-13(8-15)18(9-11-3-4-11)10-12-5-6-12/h11-13H,1-10,17H2,(H2,16,19). The molecule has 0 aromatic heterocycles. The quantitative estimate of drug-likeness (QED) is 0.759. The molecule has 3 saturated carbocycles. The Labute approximate surface area is 115 Å². The number of nitrogens with two attached hydrogens (primary N) is 2. The van der Waals surface area contributed by atoms with Crippen LogP contribution in [0.1, 0.15) is 51.4 Å². The Balaban J connectivity index is 1.64. The zero-order chi connectivity index (χ0) is 13.5. The molecule has 19 heavy (non-hydrogen) atoms. The number of amides is 1. The summed E-state index contributed by atoms with van der Waals surface area (Å²) in [5.74, 6) is 1.50. The van der Waals surface area contributed by atoms with Gasteiger partial charge in [-0.1, -0.05) is 0 Å². The lowest BCUT2D eigenvalue weighted by Gasteiger charge is -2.41. The maximum absolute atomic E-state index is 11.6. The van der Waals surface area contributed by atoms with Gasteiger partial charge in [0.05, 0.1) is 5.54 Å². The number of rotatable bonds is 6. The van der Waals surface area contributed by atoms with Crippen molar-refractivity contribution in [3.05, 3.63) is 0 Å². The normalized spacial score (nSPS) is 35.6. The van der Waals surface area contributed by atoms with Crippen molar-refractivity contribution in [3.8, 4) is 0 Å². The van der Waals surface area contributed by atoms with E-state index in [4.69, 9.17) is 11.5 Å². The van der Waals surface area contributed by atoms with Crippen molar-refractivity contribution in [1.29, 1.82) is 0 Å². The second kappa shape index (κ2) is 5.06.